The van der Waals surface area contributed by atoms with Crippen LogP contribution in [0.4, 0.5) is 5.69 Å². The van der Waals surface area contributed by atoms with Crippen LogP contribution >= 0.6 is 0 Å². The van der Waals surface area contributed by atoms with Gasteiger partial charge in [0.2, 0.25) is 0 Å². The fourth-order valence-corrected chi connectivity index (χ4v) is 2.20. The van der Waals surface area contributed by atoms with Gasteiger partial charge in [0.15, 0.2) is 0 Å². The lowest BCUT2D eigenvalue weighted by Gasteiger charge is -2.16. The Bertz CT molecular complexity index is 452. The lowest BCUT2D eigenvalue weighted by atomic mass is 10.1. The smallest absolute Gasteiger partial charge is 0.254 e. The second-order valence-electron chi connectivity index (χ2n) is 4.62. The topological polar surface area (TPSA) is 72.8 Å². The average molecular weight is 250 g/mol. The highest BCUT2D eigenvalue weighted by atomic mass is 16.3. The molecule has 1 heterocycles. The summed E-state index contributed by atoms with van der Waals surface area (Å²) in [5, 5.41) is 21.9. The number of carbonyl (C=O) groups excluding carboxylic acids is 1. The Labute approximate surface area is 106 Å². The van der Waals surface area contributed by atoms with E-state index in [4.69, 9.17) is 0 Å². The van der Waals surface area contributed by atoms with Crippen LogP contribution < -0.4 is 5.32 Å². The van der Waals surface area contributed by atoms with Gasteiger partial charge in [-0.05, 0) is 30.7 Å². The lowest BCUT2D eigenvalue weighted by molar-refractivity contribution is 0.0572. The van der Waals surface area contributed by atoms with Crippen LogP contribution in [0.3, 0.4) is 0 Å². The number of aliphatic hydroxyl groups is 2. The van der Waals surface area contributed by atoms with Crippen LogP contribution in [0.15, 0.2) is 18.2 Å². The molecule has 1 amide bonds. The second kappa shape index (κ2) is 4.96. The molecule has 0 bridgehead atoms. The number of β-amino-alcohol motifs (C(OH)–C–C–N with tert-alkyl or cyclic N) is 2. The third-order valence-electron chi connectivity index (χ3n) is 3.29. The fraction of sp³-hybridized carbons (Fsp3) is 0.462. The number of hydrogen-bond donors (Lipinski definition) is 3. The van der Waals surface area contributed by atoms with Crippen LogP contribution in [0.5, 0.6) is 0 Å². The summed E-state index contributed by atoms with van der Waals surface area (Å²) in [5.41, 5.74) is 2.55. The van der Waals surface area contributed by atoms with Gasteiger partial charge in [-0.15, -0.1) is 0 Å². The molecule has 0 aromatic heterocycles. The van der Waals surface area contributed by atoms with Gasteiger partial charge in [-0.25, -0.2) is 0 Å². The van der Waals surface area contributed by atoms with E-state index >= 15 is 0 Å². The number of anilines is 1. The van der Waals surface area contributed by atoms with Crippen molar-refractivity contribution in [3.63, 3.8) is 0 Å². The lowest BCUT2D eigenvalue weighted by Crippen LogP contribution is -2.29. The first-order valence-electron chi connectivity index (χ1n) is 5.96. The third kappa shape index (κ3) is 2.32. The molecule has 1 saturated heterocycles. The van der Waals surface area contributed by atoms with Gasteiger partial charge >= 0.3 is 0 Å². The van der Waals surface area contributed by atoms with E-state index in [-0.39, 0.29) is 19.0 Å². The van der Waals surface area contributed by atoms with Gasteiger partial charge in [0.1, 0.15) is 0 Å². The van der Waals surface area contributed by atoms with E-state index < -0.39 is 12.2 Å². The summed E-state index contributed by atoms with van der Waals surface area (Å²) in [7, 11) is 1.83. The van der Waals surface area contributed by atoms with Crippen molar-refractivity contribution in [1.82, 2.24) is 4.90 Å². The molecule has 2 atom stereocenters. The molecule has 1 aliphatic rings. The van der Waals surface area contributed by atoms with E-state index in [1.165, 1.54) is 4.90 Å². The van der Waals surface area contributed by atoms with Crippen molar-refractivity contribution in [3.8, 4) is 0 Å². The van der Waals surface area contributed by atoms with Crippen molar-refractivity contribution in [1.29, 1.82) is 0 Å². The Morgan fingerprint density at radius 3 is 2.44 bits per heavy atom. The zero-order valence-corrected chi connectivity index (χ0v) is 10.6. The number of aliphatic hydroxyl groups excluding tert-OH is 2. The maximum atomic E-state index is 12.2. The molecule has 1 aromatic rings. The Morgan fingerprint density at radius 2 is 1.94 bits per heavy atom. The summed E-state index contributed by atoms with van der Waals surface area (Å²) >= 11 is 0. The minimum absolute atomic E-state index is 0.156. The average Bonchev–Trinajstić information content (AvgIpc) is 2.68. The van der Waals surface area contributed by atoms with Gasteiger partial charge in [0.25, 0.3) is 5.91 Å². The van der Waals surface area contributed by atoms with Crippen LogP contribution in [-0.2, 0) is 0 Å². The zero-order chi connectivity index (χ0) is 13.3. The number of aryl methyl sites for hydroxylation is 1. The highest BCUT2D eigenvalue weighted by molar-refractivity contribution is 5.95. The minimum Gasteiger partial charge on any atom is -0.388 e. The highest BCUT2D eigenvalue weighted by Crippen LogP contribution is 2.19. The summed E-state index contributed by atoms with van der Waals surface area (Å²) in [4.78, 5) is 13.6. The number of amides is 1. The maximum Gasteiger partial charge on any atom is 0.254 e. The number of nitrogens with zero attached hydrogens (tertiary/aromatic N) is 1. The predicted molar refractivity (Wildman–Crippen MR) is 68.6 cm³/mol. The monoisotopic (exact) mass is 250 g/mol. The number of rotatable bonds is 2. The van der Waals surface area contributed by atoms with Crippen LogP contribution in [0.25, 0.3) is 0 Å². The molecular weight excluding hydrogens is 232 g/mol. The van der Waals surface area contributed by atoms with E-state index in [1.807, 2.05) is 26.1 Å². The Morgan fingerprint density at radius 1 is 1.33 bits per heavy atom. The number of nitrogens with one attached hydrogen (secondary N) is 1. The predicted octanol–water partition coefficient (Wildman–Crippen LogP) is 0.214. The summed E-state index contributed by atoms with van der Waals surface area (Å²) < 4.78 is 0. The second-order valence-corrected chi connectivity index (χ2v) is 4.62. The van der Waals surface area contributed by atoms with Crippen LogP contribution in [0.2, 0.25) is 0 Å². The van der Waals surface area contributed by atoms with Crippen molar-refractivity contribution in [2.24, 2.45) is 0 Å². The molecule has 98 valence electrons. The number of benzene rings is 1. The summed E-state index contributed by atoms with van der Waals surface area (Å²) in [6.07, 6.45) is -1.68. The SMILES string of the molecule is CNc1ccc(C(=O)N2CC(O)C(O)C2)cc1C. The van der Waals surface area contributed by atoms with Crippen LogP contribution in [-0.4, -0.2) is 53.4 Å². The van der Waals surface area contributed by atoms with E-state index in [0.29, 0.717) is 5.56 Å². The molecule has 2 unspecified atom stereocenters. The minimum atomic E-state index is -0.841. The van der Waals surface area contributed by atoms with Gasteiger partial charge in [-0.2, -0.15) is 0 Å². The Balaban J connectivity index is 2.17. The molecule has 2 rings (SSSR count). The van der Waals surface area contributed by atoms with Gasteiger partial charge in [0, 0.05) is 31.4 Å². The summed E-state index contributed by atoms with van der Waals surface area (Å²) in [6.45, 7) is 2.30. The number of likely N-dealkylation sites (tertiary alicyclic amines) is 1. The number of carbonyl (C=O) groups is 1. The van der Waals surface area contributed by atoms with E-state index in [1.54, 1.807) is 6.07 Å². The van der Waals surface area contributed by atoms with Gasteiger partial charge in [-0.1, -0.05) is 0 Å². The van der Waals surface area contributed by atoms with E-state index in [0.717, 1.165) is 11.3 Å². The molecule has 5 nitrogen and oxygen atoms in total. The molecule has 18 heavy (non-hydrogen) atoms. The Kier molecular flexibility index (Phi) is 3.54. The van der Waals surface area contributed by atoms with Crippen LogP contribution in [0.1, 0.15) is 15.9 Å². The molecule has 1 fully saturated rings. The van der Waals surface area contributed by atoms with Crippen LogP contribution in [0, 0.1) is 6.92 Å². The normalized spacial score (nSPS) is 23.2. The van der Waals surface area contributed by atoms with Gasteiger partial charge < -0.3 is 20.4 Å². The first-order chi connectivity index (χ1) is 8.52. The summed E-state index contributed by atoms with van der Waals surface area (Å²) in [5.74, 6) is -0.156. The molecule has 0 spiro atoms. The number of hydrogen-bond acceptors (Lipinski definition) is 4. The molecule has 1 aromatic carbocycles. The van der Waals surface area contributed by atoms with Crippen molar-refractivity contribution >= 4 is 11.6 Å². The zero-order valence-electron chi connectivity index (χ0n) is 10.6. The van der Waals surface area contributed by atoms with Gasteiger partial charge in [0.05, 0.1) is 12.2 Å². The molecule has 0 saturated carbocycles. The third-order valence-corrected chi connectivity index (χ3v) is 3.29. The fourth-order valence-electron chi connectivity index (χ4n) is 2.20. The molecule has 1 aliphatic heterocycles. The summed E-state index contributed by atoms with van der Waals surface area (Å²) in [6, 6.07) is 5.41. The first-order valence-corrected chi connectivity index (χ1v) is 5.96. The van der Waals surface area contributed by atoms with Crippen molar-refractivity contribution < 1.29 is 15.0 Å². The highest BCUT2D eigenvalue weighted by Gasteiger charge is 2.32. The standard InChI is InChI=1S/C13H18N2O3/c1-8-5-9(3-4-10(8)14-2)13(18)15-6-11(16)12(17)7-15/h3-5,11-12,14,16-17H,6-7H2,1-2H3. The van der Waals surface area contributed by atoms with Gasteiger partial charge in [-0.3, -0.25) is 4.79 Å². The Hall–Kier alpha value is -1.59. The molecule has 5 heteroatoms. The largest absolute Gasteiger partial charge is 0.388 e. The maximum absolute atomic E-state index is 12.2. The molecular formula is C13H18N2O3. The van der Waals surface area contributed by atoms with E-state index in [2.05, 4.69) is 5.32 Å². The molecule has 0 aliphatic carbocycles. The first kappa shape index (κ1) is 12.9. The van der Waals surface area contributed by atoms with Crippen molar-refractivity contribution in [3.05, 3.63) is 29.3 Å². The van der Waals surface area contributed by atoms with E-state index in [9.17, 15) is 15.0 Å². The molecule has 0 radical (unpaired) electrons. The van der Waals surface area contributed by atoms with Crippen molar-refractivity contribution in [2.45, 2.75) is 19.1 Å². The van der Waals surface area contributed by atoms with Crippen molar-refractivity contribution in [2.75, 3.05) is 25.5 Å². The molecule has 3 N–H and O–H groups in total. The quantitative estimate of drug-likeness (QED) is 0.702.